The molecule has 0 N–H and O–H groups in total. The Morgan fingerprint density at radius 3 is 0.895 bits per heavy atom. The van der Waals surface area contributed by atoms with Crippen LogP contribution in [0.2, 0.25) is 0 Å². The molecule has 0 unspecified atom stereocenters. The smallest absolute Gasteiger partial charge is 0.131 e. The quantitative estimate of drug-likeness (QED) is 0.0510. The van der Waals surface area contributed by atoms with Crippen LogP contribution in [0, 0.1) is 98.2 Å². The van der Waals surface area contributed by atoms with Crippen molar-refractivity contribution in [2.75, 3.05) is 0 Å². The Balaban J connectivity index is 0.000000166. The fraction of sp³-hybridized carbons (Fsp3) is 0.0566. The maximum atomic E-state index is 13.4. The summed E-state index contributed by atoms with van der Waals surface area (Å²) in [4.78, 5) is 5.66. The monoisotopic (exact) mass is 1350 g/mol. The van der Waals surface area contributed by atoms with Gasteiger partial charge >= 0.3 is 0 Å². The van der Waals surface area contributed by atoms with Gasteiger partial charge in [0.25, 0.3) is 0 Å². The van der Waals surface area contributed by atoms with Gasteiger partial charge in [-0.05, 0) is 96.6 Å². The molecule has 11 aromatic rings. The first-order chi connectivity index (χ1) is 35.6. The number of thiol groups is 7. The highest BCUT2D eigenvalue weighted by atomic mass is 32.1. The van der Waals surface area contributed by atoms with E-state index in [1.807, 2.05) is 26.8 Å². The molecular formula is C53H32F4S19. The second kappa shape index (κ2) is 28.3. The fourth-order valence-electron chi connectivity index (χ4n) is 6.10. The van der Waals surface area contributed by atoms with E-state index in [1.54, 1.807) is 48.5 Å². The van der Waals surface area contributed by atoms with Gasteiger partial charge in [0.2, 0.25) is 0 Å². The number of halogens is 4. The lowest BCUT2D eigenvalue weighted by Crippen LogP contribution is -1.92. The Morgan fingerprint density at radius 2 is 0.605 bits per heavy atom. The van der Waals surface area contributed by atoms with Crippen LogP contribution < -0.4 is 0 Å². The van der Waals surface area contributed by atoms with Gasteiger partial charge in [-0.2, -0.15) is 0 Å². The number of rotatable bonds is 4. The molecule has 0 saturated carbocycles. The molecule has 0 atom stereocenters. The molecule has 386 valence electrons. The topological polar surface area (TPSA) is 0 Å². The number of hydrogen-bond acceptors (Lipinski definition) is 19. The second-order valence-electron chi connectivity index (χ2n) is 15.8. The summed E-state index contributed by atoms with van der Waals surface area (Å²) in [6.45, 7) is 5.79. The summed E-state index contributed by atoms with van der Waals surface area (Å²) >= 11 is 88.2. The molecule has 0 spiro atoms. The van der Waals surface area contributed by atoms with Crippen molar-refractivity contribution >= 4 is 235 Å². The van der Waals surface area contributed by atoms with Crippen LogP contribution in [0.3, 0.4) is 0 Å². The fourth-order valence-corrected chi connectivity index (χ4v) is 12.0. The van der Waals surface area contributed by atoms with Crippen LogP contribution >= 0.6 is 235 Å². The molecule has 0 bridgehead atoms. The third kappa shape index (κ3) is 15.6. The minimum absolute atomic E-state index is 0.230. The first kappa shape index (κ1) is 65.1. The SMILES string of the molecule is Cc1c(S)c(=S)c(=S)c1=S.Cc1c(S)c(=S)c1=S.Cc1c(S)c1=S.Fc1ccc(-c2c(S)c2=S)cc1.Fc1cccc(-c2c(S)c(=S)c2=S)c1.Fc1cccc(-c2c(S)c2=S)c1.Fc1ccccc1-c1c(S)c(=S)c1=S. The Bertz CT molecular complexity index is 4300. The van der Waals surface area contributed by atoms with E-state index >= 15 is 0 Å². The van der Waals surface area contributed by atoms with E-state index in [1.165, 1.54) is 48.0 Å². The highest BCUT2D eigenvalue weighted by Crippen LogP contribution is 2.40. The molecule has 0 fully saturated rings. The summed E-state index contributed by atoms with van der Waals surface area (Å²) in [5.41, 5.74) is 9.52. The molecule has 0 heterocycles. The van der Waals surface area contributed by atoms with Crippen LogP contribution in [0.15, 0.2) is 131 Å². The summed E-state index contributed by atoms with van der Waals surface area (Å²) in [6, 6.07) is 25.4. The first-order valence-corrected chi connectivity index (χ1v) is 29.1. The lowest BCUT2D eigenvalue weighted by molar-refractivity contribution is 0.627. The van der Waals surface area contributed by atoms with Gasteiger partial charge in [0.05, 0.1) is 54.1 Å². The van der Waals surface area contributed by atoms with Crippen molar-refractivity contribution in [3.05, 3.63) is 191 Å². The molecule has 76 heavy (non-hydrogen) atoms. The first-order valence-electron chi connectivity index (χ1n) is 21.1. The Kier molecular flexibility index (Phi) is 24.3. The maximum absolute atomic E-state index is 13.4. The van der Waals surface area contributed by atoms with E-state index in [0.29, 0.717) is 52.5 Å². The van der Waals surface area contributed by atoms with Gasteiger partial charge in [-0.15, -0.1) is 88.4 Å². The molecule has 0 amide bonds. The standard InChI is InChI=1S/2C10H5FS3.2C9H5FS2.C6H4S4.C5H4S3.C4H4S2/c11-6-3-1-2-5(4-6)7-8(12)10(14)9(7)13;11-6-4-2-1-3-5(6)7-8(12)10(14)9(7)13;10-6-3-1-5(2-4-6)7-8(11)9(7)12;10-6-3-1-2-5(4-6)7-8(11)9(7)12;1-2-3(7)5(9)6(10)4(2)8;1-2-3(6)5(8)4(2)7;1-2-3(5)4(2)6/h2*1-4,12H;2*1-4,11H;7H,1H3;6H,1H3;5H,1H3. The summed E-state index contributed by atoms with van der Waals surface area (Å²) in [7, 11) is 0. The Hall–Kier alpha value is -1.69. The predicted molar refractivity (Wildman–Crippen MR) is 358 cm³/mol. The van der Waals surface area contributed by atoms with Gasteiger partial charge in [0.1, 0.15) is 23.3 Å². The normalized spacial score (nSPS) is 10.6. The number of benzene rings is 4. The van der Waals surface area contributed by atoms with E-state index in [0.717, 1.165) is 91.5 Å². The highest BCUT2D eigenvalue weighted by Gasteiger charge is 2.18. The Labute approximate surface area is 536 Å². The molecule has 11 aromatic carbocycles. The zero-order chi connectivity index (χ0) is 56.9. The van der Waals surface area contributed by atoms with Gasteiger partial charge in [0.15, 0.2) is 0 Å². The van der Waals surface area contributed by atoms with E-state index in [9.17, 15) is 17.6 Å². The van der Waals surface area contributed by atoms with E-state index < -0.39 is 0 Å². The van der Waals surface area contributed by atoms with Crippen LogP contribution in [0.5, 0.6) is 0 Å². The highest BCUT2D eigenvalue weighted by molar-refractivity contribution is 7.83. The predicted octanol–water partition coefficient (Wildman–Crippen LogP) is 22.9. The molecule has 0 saturated heterocycles. The Morgan fingerprint density at radius 1 is 0.276 bits per heavy atom. The van der Waals surface area contributed by atoms with Gasteiger partial charge in [-0.3, -0.25) is 0 Å². The molecule has 0 aliphatic carbocycles. The molecule has 0 radical (unpaired) electrons. The van der Waals surface area contributed by atoms with Gasteiger partial charge in [-0.1, -0.05) is 201 Å². The molecule has 23 heteroatoms. The van der Waals surface area contributed by atoms with Crippen LogP contribution in [0.25, 0.3) is 44.5 Å². The lowest BCUT2D eigenvalue weighted by atomic mass is 10.0. The second-order valence-corrected chi connectivity index (χ2v) is 23.8. The van der Waals surface area contributed by atoms with Crippen LogP contribution in [-0.4, -0.2) is 0 Å². The average molecular weight is 1350 g/mol. The zero-order valence-corrected chi connectivity index (χ0v) is 54.8. The van der Waals surface area contributed by atoms with Crippen LogP contribution in [0.1, 0.15) is 16.7 Å². The van der Waals surface area contributed by atoms with Crippen molar-refractivity contribution in [2.24, 2.45) is 0 Å². The molecule has 0 aromatic heterocycles. The lowest BCUT2D eigenvalue weighted by Gasteiger charge is -2.10. The van der Waals surface area contributed by atoms with Crippen molar-refractivity contribution < 1.29 is 17.6 Å². The van der Waals surface area contributed by atoms with Crippen molar-refractivity contribution in [3.8, 4) is 44.5 Å². The van der Waals surface area contributed by atoms with Gasteiger partial charge < -0.3 is 0 Å². The van der Waals surface area contributed by atoms with Crippen molar-refractivity contribution in [1.29, 1.82) is 0 Å². The van der Waals surface area contributed by atoms with E-state index in [-0.39, 0.29) is 23.3 Å². The molecule has 0 aliphatic heterocycles. The molecule has 0 nitrogen and oxygen atoms in total. The van der Waals surface area contributed by atoms with E-state index in [4.69, 9.17) is 147 Å². The van der Waals surface area contributed by atoms with E-state index in [2.05, 4.69) is 88.4 Å². The minimum atomic E-state index is -0.293. The average Bonchev–Trinajstić information content (AvgIpc) is 4.33. The van der Waals surface area contributed by atoms with Gasteiger partial charge in [0, 0.05) is 62.1 Å². The van der Waals surface area contributed by atoms with Crippen molar-refractivity contribution in [3.63, 3.8) is 0 Å². The number of hydrogen-bond donors (Lipinski definition) is 7. The third-order valence-corrected chi connectivity index (χ3v) is 21.2. The van der Waals surface area contributed by atoms with Crippen molar-refractivity contribution in [1.82, 2.24) is 0 Å². The summed E-state index contributed by atoms with van der Waals surface area (Å²) in [6.07, 6.45) is 0. The molecular weight excluding hydrogens is 1320 g/mol. The van der Waals surface area contributed by atoms with Crippen LogP contribution in [0.4, 0.5) is 17.6 Å². The minimum Gasteiger partial charge on any atom is -0.207 e. The van der Waals surface area contributed by atoms with Crippen LogP contribution in [-0.2, 0) is 0 Å². The zero-order valence-electron chi connectivity index (χ0n) is 38.8. The third-order valence-electron chi connectivity index (χ3n) is 10.8. The largest absolute Gasteiger partial charge is 0.207 e. The van der Waals surface area contributed by atoms with Crippen molar-refractivity contribution in [2.45, 2.75) is 55.0 Å². The summed E-state index contributed by atoms with van der Waals surface area (Å²) in [5, 5.41) is 0. The molecule has 11 rings (SSSR count). The maximum Gasteiger partial charge on any atom is 0.131 e. The van der Waals surface area contributed by atoms with Gasteiger partial charge in [-0.25, -0.2) is 17.6 Å². The summed E-state index contributed by atoms with van der Waals surface area (Å²) in [5.74, 6) is -1.04. The summed E-state index contributed by atoms with van der Waals surface area (Å²) < 4.78 is 59.8. The molecule has 0 aliphatic rings.